The van der Waals surface area contributed by atoms with Crippen LogP contribution in [0.1, 0.15) is 37.6 Å². The van der Waals surface area contributed by atoms with Crippen molar-refractivity contribution in [3.8, 4) is 17.1 Å². The van der Waals surface area contributed by atoms with Gasteiger partial charge in [0.05, 0.1) is 18.5 Å². The molecule has 0 unspecified atom stereocenters. The van der Waals surface area contributed by atoms with Crippen molar-refractivity contribution in [2.45, 2.75) is 46.8 Å². The number of hydrogen-bond acceptors (Lipinski definition) is 8. The van der Waals surface area contributed by atoms with Crippen LogP contribution in [0.5, 0.6) is 0 Å². The molecule has 12 nitrogen and oxygen atoms in total. The van der Waals surface area contributed by atoms with E-state index < -0.39 is 0 Å². The van der Waals surface area contributed by atoms with Crippen molar-refractivity contribution < 1.29 is 5.11 Å². The van der Waals surface area contributed by atoms with Crippen LogP contribution in [-0.4, -0.2) is 43.6 Å². The Morgan fingerprint density at radius 1 is 1.13 bits per heavy atom. The lowest BCUT2D eigenvalue weighted by molar-refractivity contribution is 0.281. The molecule has 0 aliphatic heterocycles. The lowest BCUT2D eigenvalue weighted by Gasteiger charge is -2.17. The molecule has 12 heteroatoms. The Hall–Kier alpha value is -4.58. The van der Waals surface area contributed by atoms with Crippen molar-refractivity contribution in [2.75, 3.05) is 5.32 Å². The highest BCUT2D eigenvalue weighted by Crippen LogP contribution is 2.37. The van der Waals surface area contributed by atoms with E-state index in [1.807, 2.05) is 23.6 Å². The van der Waals surface area contributed by atoms with Gasteiger partial charge in [-0.2, -0.15) is 0 Å². The van der Waals surface area contributed by atoms with Crippen molar-refractivity contribution in [2.24, 2.45) is 12.5 Å². The minimum Gasteiger partial charge on any atom is -0.392 e. The Labute approximate surface area is 223 Å². The summed E-state index contributed by atoms with van der Waals surface area (Å²) < 4.78 is 6.45. The van der Waals surface area contributed by atoms with Crippen molar-refractivity contribution in [3.63, 3.8) is 0 Å². The molecule has 0 spiro atoms. The molecular weight excluding hydrogens is 498 g/mol. The number of pyridine rings is 1. The number of nitrogens with one attached hydrogen (secondary N) is 1. The van der Waals surface area contributed by atoms with Crippen LogP contribution in [0.2, 0.25) is 0 Å². The summed E-state index contributed by atoms with van der Waals surface area (Å²) in [6.45, 7) is 6.63. The van der Waals surface area contributed by atoms with Crippen LogP contribution >= 0.6 is 0 Å². The zero-order valence-corrected chi connectivity index (χ0v) is 22.2. The van der Waals surface area contributed by atoms with E-state index in [-0.39, 0.29) is 29.0 Å². The van der Waals surface area contributed by atoms with Crippen LogP contribution in [-0.2, 0) is 33.0 Å². The second-order valence-corrected chi connectivity index (χ2v) is 10.7. The van der Waals surface area contributed by atoms with Crippen molar-refractivity contribution in [1.82, 2.24) is 38.5 Å². The molecule has 0 atom stereocenters. The first-order valence-corrected chi connectivity index (χ1v) is 12.8. The van der Waals surface area contributed by atoms with Gasteiger partial charge in [0.25, 0.3) is 11.1 Å². The zero-order valence-electron chi connectivity index (χ0n) is 22.2. The molecule has 5 aromatic heterocycles. The summed E-state index contributed by atoms with van der Waals surface area (Å²) in [6, 6.07) is 3.67. The van der Waals surface area contributed by atoms with Gasteiger partial charge in [-0.15, -0.1) is 5.10 Å². The Balaban J connectivity index is 1.45. The fraction of sp³-hybridized carbons (Fsp3) is 0.333. The second kappa shape index (κ2) is 9.02. The molecular formula is C27H29N9O3. The van der Waals surface area contributed by atoms with Gasteiger partial charge in [0.1, 0.15) is 11.3 Å². The molecule has 0 radical (unpaired) electrons. The van der Waals surface area contributed by atoms with Gasteiger partial charge < -0.3 is 19.4 Å². The van der Waals surface area contributed by atoms with Crippen LogP contribution in [0, 0.1) is 5.41 Å². The number of rotatable bonds is 6. The van der Waals surface area contributed by atoms with Gasteiger partial charge in [-0.05, 0) is 42.9 Å². The van der Waals surface area contributed by atoms with E-state index in [4.69, 9.17) is 0 Å². The summed E-state index contributed by atoms with van der Waals surface area (Å²) in [5.41, 5.74) is 3.90. The molecule has 0 bridgehead atoms. The van der Waals surface area contributed by atoms with Gasteiger partial charge in [-0.3, -0.25) is 18.8 Å². The third-order valence-corrected chi connectivity index (χ3v) is 7.23. The van der Waals surface area contributed by atoms with Crippen LogP contribution in [0.15, 0.2) is 52.7 Å². The number of aromatic nitrogens is 8. The Morgan fingerprint density at radius 2 is 1.95 bits per heavy atom. The van der Waals surface area contributed by atoms with Gasteiger partial charge in [0, 0.05) is 55.2 Å². The van der Waals surface area contributed by atoms with E-state index in [0.717, 1.165) is 18.5 Å². The maximum atomic E-state index is 13.6. The van der Waals surface area contributed by atoms with Gasteiger partial charge >= 0.3 is 0 Å². The highest BCUT2D eigenvalue weighted by Gasteiger charge is 2.31. The molecule has 200 valence electrons. The molecule has 0 amide bonds. The topological polar surface area (TPSA) is 137 Å². The predicted octanol–water partition coefficient (Wildman–Crippen LogP) is 2.22. The minimum atomic E-state index is -0.389. The lowest BCUT2D eigenvalue weighted by atomic mass is 9.90. The number of aliphatic hydroxyl groups is 1. The summed E-state index contributed by atoms with van der Waals surface area (Å²) in [4.78, 5) is 35.5. The van der Waals surface area contributed by atoms with Gasteiger partial charge in [0.15, 0.2) is 11.6 Å². The monoisotopic (exact) mass is 527 g/mol. The van der Waals surface area contributed by atoms with E-state index in [1.54, 1.807) is 42.6 Å². The Kier molecular flexibility index (Phi) is 5.72. The number of aliphatic hydroxyl groups excluding tert-OH is 1. The van der Waals surface area contributed by atoms with Crippen molar-refractivity contribution in [1.29, 1.82) is 0 Å². The molecule has 1 aliphatic rings. The summed E-state index contributed by atoms with van der Waals surface area (Å²) in [5.74, 6) is 0.753. The largest absolute Gasteiger partial charge is 0.392 e. The molecule has 5 heterocycles. The van der Waals surface area contributed by atoms with E-state index in [9.17, 15) is 14.7 Å². The van der Waals surface area contributed by atoms with Gasteiger partial charge in [-0.1, -0.05) is 19.1 Å². The molecule has 0 saturated carbocycles. The maximum absolute atomic E-state index is 13.6. The number of hydrogen-bond donors (Lipinski definition) is 2. The SMILES string of the molecule is CCn1cc(Nc2nc(-c3ccnc(-n4ccn5c6c(cc5c4=O)CC(C)(C)C6)c3CO)cn(C)c2=O)nn1. The molecule has 6 rings (SSSR count). The summed E-state index contributed by atoms with van der Waals surface area (Å²) >= 11 is 0. The first-order chi connectivity index (χ1) is 18.7. The van der Waals surface area contributed by atoms with E-state index >= 15 is 0 Å². The minimum absolute atomic E-state index is 0.0598. The average Bonchev–Trinajstić information content (AvgIpc) is 3.59. The molecule has 1 aliphatic carbocycles. The van der Waals surface area contributed by atoms with Crippen molar-refractivity contribution >= 4 is 17.2 Å². The summed E-state index contributed by atoms with van der Waals surface area (Å²) in [7, 11) is 1.62. The average molecular weight is 528 g/mol. The number of aryl methyl sites for hydroxylation is 2. The van der Waals surface area contributed by atoms with Crippen LogP contribution < -0.4 is 16.4 Å². The molecule has 0 fully saturated rings. The quantitative estimate of drug-likeness (QED) is 0.343. The predicted molar refractivity (Wildman–Crippen MR) is 145 cm³/mol. The zero-order chi connectivity index (χ0) is 27.5. The highest BCUT2D eigenvalue weighted by atomic mass is 16.3. The standard InChI is InChI=1S/C27H29N9O3/c1-5-34-14-22(31-32-34)30-23-26(39)33(4)13-19(29-23)17-6-7-28-24(18(17)15-37)36-9-8-35-20(25(36)38)10-16-11-27(2,3)12-21(16)35/h6-10,13-14,37H,5,11-12,15H2,1-4H3,(H,29,30). The van der Waals surface area contributed by atoms with Crippen LogP contribution in [0.25, 0.3) is 22.6 Å². The third-order valence-electron chi connectivity index (χ3n) is 7.23. The molecule has 2 N–H and O–H groups in total. The lowest BCUT2D eigenvalue weighted by Crippen LogP contribution is -2.23. The highest BCUT2D eigenvalue weighted by molar-refractivity contribution is 5.68. The first-order valence-electron chi connectivity index (χ1n) is 12.8. The number of fused-ring (bicyclic) bond motifs is 3. The fourth-order valence-corrected chi connectivity index (χ4v) is 5.36. The van der Waals surface area contributed by atoms with Crippen LogP contribution in [0.4, 0.5) is 11.6 Å². The summed E-state index contributed by atoms with van der Waals surface area (Å²) in [5, 5.41) is 21.4. The maximum Gasteiger partial charge on any atom is 0.293 e. The molecule has 0 saturated heterocycles. The van der Waals surface area contributed by atoms with E-state index in [1.165, 1.54) is 14.7 Å². The van der Waals surface area contributed by atoms with Gasteiger partial charge in [-0.25, -0.2) is 9.97 Å². The summed E-state index contributed by atoms with van der Waals surface area (Å²) in [6.07, 6.45) is 10.2. The normalized spacial score (nSPS) is 14.2. The molecule has 0 aromatic carbocycles. The Bertz CT molecular complexity index is 1860. The van der Waals surface area contributed by atoms with Crippen molar-refractivity contribution in [3.05, 3.63) is 80.6 Å². The fourth-order valence-electron chi connectivity index (χ4n) is 5.36. The first kappa shape index (κ1) is 24.7. The third kappa shape index (κ3) is 4.13. The number of anilines is 2. The molecule has 5 aromatic rings. The van der Waals surface area contributed by atoms with Crippen LogP contribution in [0.3, 0.4) is 0 Å². The van der Waals surface area contributed by atoms with E-state index in [2.05, 4.69) is 39.4 Å². The molecule has 39 heavy (non-hydrogen) atoms. The van der Waals surface area contributed by atoms with E-state index in [0.29, 0.717) is 40.5 Å². The smallest absolute Gasteiger partial charge is 0.293 e. The second-order valence-electron chi connectivity index (χ2n) is 10.7. The van der Waals surface area contributed by atoms with Gasteiger partial charge in [0.2, 0.25) is 0 Å². The Morgan fingerprint density at radius 3 is 2.69 bits per heavy atom. The number of nitrogens with zero attached hydrogens (tertiary/aromatic N) is 8.